The highest BCUT2D eigenvalue weighted by Crippen LogP contribution is 2.36. The van der Waals surface area contributed by atoms with E-state index in [1.165, 1.54) is 16.7 Å². The van der Waals surface area contributed by atoms with E-state index in [-0.39, 0.29) is 10.2 Å². The number of benzene rings is 2. The Morgan fingerprint density at radius 1 is 0.886 bits per heavy atom. The lowest BCUT2D eigenvalue weighted by Crippen LogP contribution is -2.66. The van der Waals surface area contributed by atoms with Crippen LogP contribution in [0.4, 0.5) is 5.82 Å². The number of hydrogen-bond donors (Lipinski definition) is 1. The summed E-state index contributed by atoms with van der Waals surface area (Å²) in [6.45, 7) is 8.44. The number of nitrogens with zero attached hydrogens (tertiary/aromatic N) is 2. The third-order valence-electron chi connectivity index (χ3n) is 6.30. The average Bonchev–Trinajstić information content (AvgIpc) is 2.86. The van der Waals surface area contributed by atoms with Crippen LogP contribution in [0.1, 0.15) is 63.2 Å². The zero-order valence-corrected chi connectivity index (χ0v) is 22.7. The summed E-state index contributed by atoms with van der Waals surface area (Å²) in [4.78, 5) is 19.1. The Bertz CT molecular complexity index is 1020. The van der Waals surface area contributed by atoms with Crippen LogP contribution < -0.4 is 15.7 Å². The van der Waals surface area contributed by atoms with E-state index in [2.05, 4.69) is 96.7 Å². The average molecular weight is 510 g/mol. The molecule has 0 spiro atoms. The van der Waals surface area contributed by atoms with Crippen LogP contribution in [-0.4, -0.2) is 37.7 Å². The van der Waals surface area contributed by atoms with Gasteiger partial charge in [0.1, 0.15) is 17.3 Å². The second kappa shape index (κ2) is 13.0. The molecule has 3 aromatic rings. The summed E-state index contributed by atoms with van der Waals surface area (Å²) in [6, 6.07) is 21.6. The van der Waals surface area contributed by atoms with Crippen LogP contribution >= 0.6 is 11.6 Å². The Labute approximate surface area is 215 Å². The number of anilines is 1. The Hall–Kier alpha value is -2.54. The Morgan fingerprint density at radius 2 is 1.46 bits per heavy atom. The van der Waals surface area contributed by atoms with Crippen LogP contribution in [0.15, 0.2) is 67.0 Å². The molecule has 0 aliphatic heterocycles. The lowest BCUT2D eigenvalue weighted by atomic mass is 10.1. The lowest BCUT2D eigenvalue weighted by Gasteiger charge is -2.43. The summed E-state index contributed by atoms with van der Waals surface area (Å²) >= 11 is 5.95. The molecule has 0 radical (unpaired) electrons. The summed E-state index contributed by atoms with van der Waals surface area (Å²) in [5, 5.41) is 6.03. The molecule has 1 heterocycles. The topological polar surface area (TPSA) is 64.1 Å². The fraction of sp³-hybridized carbons (Fsp3) is 0.393. The number of carbonyl (C=O) groups is 1. The van der Waals surface area contributed by atoms with Crippen molar-refractivity contribution in [2.75, 3.05) is 18.5 Å². The maximum absolute atomic E-state index is 11.2. The van der Waals surface area contributed by atoms with Gasteiger partial charge >= 0.3 is 0 Å². The zero-order valence-electron chi connectivity index (χ0n) is 21.0. The van der Waals surface area contributed by atoms with Crippen LogP contribution in [0.2, 0.25) is 10.2 Å². The molecular weight excluding hydrogens is 474 g/mol. The van der Waals surface area contributed by atoms with Crippen molar-refractivity contribution in [1.82, 2.24) is 9.97 Å². The molecular formula is C28H36ClN3O2Si. The molecule has 0 bridgehead atoms. The number of rotatable bonds is 13. The summed E-state index contributed by atoms with van der Waals surface area (Å²) in [5.41, 5.74) is 0.314. The summed E-state index contributed by atoms with van der Waals surface area (Å²) < 4.78 is 6.96. The smallest absolute Gasteiger partial charge is 0.261 e. The predicted octanol–water partition coefficient (Wildman–Crippen LogP) is 5.88. The Kier molecular flexibility index (Phi) is 10.0. The third-order valence-corrected chi connectivity index (χ3v) is 11.6. The molecule has 0 saturated carbocycles. The molecule has 7 heteroatoms. The number of unbranched alkanes of at least 4 members (excludes halogenated alkanes) is 4. The van der Waals surface area contributed by atoms with Gasteiger partial charge in [0.15, 0.2) is 6.29 Å². The SMILES string of the molecule is CC(C)(C)[Si](OCCCCCCCNc1ncnc(Cl)c1C=O)(c1ccccc1)c1ccccc1. The molecule has 35 heavy (non-hydrogen) atoms. The van der Waals surface area contributed by atoms with Gasteiger partial charge in [-0.15, -0.1) is 0 Å². The lowest BCUT2D eigenvalue weighted by molar-refractivity contribution is 0.112. The van der Waals surface area contributed by atoms with Crippen molar-refractivity contribution in [1.29, 1.82) is 0 Å². The van der Waals surface area contributed by atoms with E-state index in [9.17, 15) is 4.79 Å². The first-order valence-electron chi connectivity index (χ1n) is 12.3. The minimum atomic E-state index is -2.44. The van der Waals surface area contributed by atoms with E-state index in [0.717, 1.165) is 45.3 Å². The second-order valence-corrected chi connectivity index (χ2v) is 14.4. The van der Waals surface area contributed by atoms with Crippen LogP contribution in [-0.2, 0) is 4.43 Å². The number of halogens is 1. The van der Waals surface area contributed by atoms with Gasteiger partial charge in [0.2, 0.25) is 0 Å². The summed E-state index contributed by atoms with van der Waals surface area (Å²) in [6.07, 6.45) is 7.44. The molecule has 3 rings (SSSR count). The molecule has 0 aliphatic rings. The number of hydrogen-bond acceptors (Lipinski definition) is 5. The fourth-order valence-corrected chi connectivity index (χ4v) is 9.35. The van der Waals surface area contributed by atoms with Crippen molar-refractivity contribution in [2.24, 2.45) is 0 Å². The van der Waals surface area contributed by atoms with Crippen molar-refractivity contribution in [3.8, 4) is 0 Å². The number of carbonyl (C=O) groups excluding carboxylic acids is 1. The van der Waals surface area contributed by atoms with Crippen LogP contribution in [0, 0.1) is 0 Å². The normalized spacial score (nSPS) is 11.9. The molecule has 1 N–H and O–H groups in total. The molecule has 0 aliphatic carbocycles. The molecule has 1 aromatic heterocycles. The van der Waals surface area contributed by atoms with Gasteiger partial charge in [-0.25, -0.2) is 9.97 Å². The highest BCUT2D eigenvalue weighted by molar-refractivity contribution is 6.99. The van der Waals surface area contributed by atoms with E-state index in [4.69, 9.17) is 16.0 Å². The third kappa shape index (κ3) is 6.78. The van der Waals surface area contributed by atoms with Gasteiger partial charge in [0, 0.05) is 13.2 Å². The van der Waals surface area contributed by atoms with Crippen molar-refractivity contribution >= 4 is 42.4 Å². The minimum Gasteiger partial charge on any atom is -0.407 e. The van der Waals surface area contributed by atoms with E-state index in [0.29, 0.717) is 17.7 Å². The largest absolute Gasteiger partial charge is 0.407 e. The zero-order chi connectivity index (χ0) is 25.2. The number of nitrogens with one attached hydrogen (secondary N) is 1. The summed E-state index contributed by atoms with van der Waals surface area (Å²) in [5.74, 6) is 0.499. The molecule has 0 amide bonds. The van der Waals surface area contributed by atoms with Gasteiger partial charge in [0.05, 0.1) is 5.56 Å². The van der Waals surface area contributed by atoms with Gasteiger partial charge in [-0.2, -0.15) is 0 Å². The highest BCUT2D eigenvalue weighted by atomic mass is 35.5. The van der Waals surface area contributed by atoms with Crippen molar-refractivity contribution in [2.45, 2.75) is 57.9 Å². The van der Waals surface area contributed by atoms with Crippen LogP contribution in [0.25, 0.3) is 0 Å². The maximum atomic E-state index is 11.2. The van der Waals surface area contributed by atoms with Gasteiger partial charge < -0.3 is 9.74 Å². The van der Waals surface area contributed by atoms with Gasteiger partial charge in [-0.3, -0.25) is 4.79 Å². The highest BCUT2D eigenvalue weighted by Gasteiger charge is 2.49. The summed E-state index contributed by atoms with van der Waals surface area (Å²) in [7, 11) is -2.44. The first kappa shape index (κ1) is 27.1. The molecule has 0 fully saturated rings. The van der Waals surface area contributed by atoms with E-state index < -0.39 is 8.32 Å². The van der Waals surface area contributed by atoms with Crippen molar-refractivity contribution in [3.63, 3.8) is 0 Å². The standard InChI is InChI=1S/C28H36ClN3O2Si/c1-28(2,3)35(23-15-9-7-10-16-23,24-17-11-8-12-18-24)34-20-14-6-4-5-13-19-30-27-25(21-33)26(29)31-22-32-27/h7-12,15-18,21-22H,4-6,13-14,19-20H2,1-3H3,(H,30,31,32). The van der Waals surface area contributed by atoms with Crippen LogP contribution in [0.5, 0.6) is 0 Å². The van der Waals surface area contributed by atoms with E-state index in [1.54, 1.807) is 0 Å². The number of aromatic nitrogens is 2. The van der Waals surface area contributed by atoms with Crippen molar-refractivity contribution < 1.29 is 9.22 Å². The molecule has 0 atom stereocenters. The second-order valence-electron chi connectivity index (χ2n) is 9.75. The first-order chi connectivity index (χ1) is 16.9. The molecule has 186 valence electrons. The van der Waals surface area contributed by atoms with E-state index >= 15 is 0 Å². The Balaban J connectivity index is 1.51. The van der Waals surface area contributed by atoms with Gasteiger partial charge in [-0.1, -0.05) is 112 Å². The monoisotopic (exact) mass is 509 g/mol. The van der Waals surface area contributed by atoms with Gasteiger partial charge in [0.25, 0.3) is 8.32 Å². The maximum Gasteiger partial charge on any atom is 0.261 e. The Morgan fingerprint density at radius 3 is 2.03 bits per heavy atom. The first-order valence-corrected chi connectivity index (χ1v) is 14.6. The fourth-order valence-electron chi connectivity index (χ4n) is 4.57. The minimum absolute atomic E-state index is 0.00559. The quantitative estimate of drug-likeness (QED) is 0.135. The van der Waals surface area contributed by atoms with Crippen molar-refractivity contribution in [3.05, 3.63) is 77.7 Å². The molecule has 2 aromatic carbocycles. The van der Waals surface area contributed by atoms with E-state index in [1.807, 2.05) is 0 Å². The van der Waals surface area contributed by atoms with Gasteiger partial charge in [-0.05, 0) is 28.3 Å². The molecule has 5 nitrogen and oxygen atoms in total. The van der Waals surface area contributed by atoms with Crippen LogP contribution in [0.3, 0.4) is 0 Å². The predicted molar refractivity (Wildman–Crippen MR) is 148 cm³/mol. The number of aldehydes is 1. The molecule has 0 saturated heterocycles. The molecule has 0 unspecified atom stereocenters.